The van der Waals surface area contributed by atoms with Crippen LogP contribution in [0, 0.1) is 11.7 Å². The van der Waals surface area contributed by atoms with E-state index in [0.717, 1.165) is 23.1 Å². The second kappa shape index (κ2) is 10.2. The molecule has 2 aromatic rings. The van der Waals surface area contributed by atoms with E-state index < -0.39 is 11.7 Å². The molecule has 0 radical (unpaired) electrons. The van der Waals surface area contributed by atoms with E-state index in [4.69, 9.17) is 0 Å². The van der Waals surface area contributed by atoms with Crippen LogP contribution in [0.4, 0.5) is 10.1 Å². The summed E-state index contributed by atoms with van der Waals surface area (Å²) in [5.41, 5.74) is 3.34. The Kier molecular flexibility index (Phi) is 7.40. The number of nitrogens with one attached hydrogen (secondary N) is 1. The molecule has 29 heavy (non-hydrogen) atoms. The molecule has 1 fully saturated rings. The van der Waals surface area contributed by atoms with Crippen molar-refractivity contribution in [2.24, 2.45) is 5.92 Å². The van der Waals surface area contributed by atoms with Crippen molar-refractivity contribution >= 4 is 11.6 Å². The highest BCUT2D eigenvalue weighted by atomic mass is 19.1. The highest BCUT2D eigenvalue weighted by Crippen LogP contribution is 2.38. The molecular weight excluding hydrogens is 361 g/mol. The van der Waals surface area contributed by atoms with Crippen molar-refractivity contribution in [1.82, 2.24) is 0 Å². The third-order valence-corrected chi connectivity index (χ3v) is 5.95. The van der Waals surface area contributed by atoms with Gasteiger partial charge in [-0.15, -0.1) is 0 Å². The SMILES string of the molecule is C=CC(=O)Nc1ccc(-c2ccc(C3CCC(CC/C=C/C)CC3)cc2)cc1F. The second-order valence-electron chi connectivity index (χ2n) is 7.87. The number of amides is 1. The number of benzene rings is 2. The van der Waals surface area contributed by atoms with E-state index in [9.17, 15) is 9.18 Å². The number of hydrogen-bond acceptors (Lipinski definition) is 1. The minimum atomic E-state index is -0.446. The summed E-state index contributed by atoms with van der Waals surface area (Å²) >= 11 is 0. The van der Waals surface area contributed by atoms with Crippen molar-refractivity contribution < 1.29 is 9.18 Å². The second-order valence-corrected chi connectivity index (χ2v) is 7.87. The molecule has 1 aliphatic rings. The van der Waals surface area contributed by atoms with Gasteiger partial charge in [-0.3, -0.25) is 4.79 Å². The van der Waals surface area contributed by atoms with Gasteiger partial charge in [-0.25, -0.2) is 4.39 Å². The van der Waals surface area contributed by atoms with Crippen LogP contribution in [0.15, 0.2) is 67.3 Å². The molecule has 0 spiro atoms. The van der Waals surface area contributed by atoms with Gasteiger partial charge in [0.25, 0.3) is 0 Å². The number of anilines is 1. The van der Waals surface area contributed by atoms with E-state index in [-0.39, 0.29) is 5.69 Å². The van der Waals surface area contributed by atoms with Gasteiger partial charge in [-0.1, -0.05) is 49.1 Å². The first kappa shape index (κ1) is 21.0. The number of carbonyl (C=O) groups is 1. The standard InChI is InChI=1S/C26H30FNO/c1-3-5-6-7-19-8-10-20(11-9-19)21-12-14-22(15-13-21)23-16-17-25(24(27)18-23)28-26(29)4-2/h3-5,12-20H,2,6-11H2,1H3,(H,28,29)/b5-3+. The summed E-state index contributed by atoms with van der Waals surface area (Å²) in [5, 5.41) is 2.47. The lowest BCUT2D eigenvalue weighted by atomic mass is 9.77. The fourth-order valence-corrected chi connectivity index (χ4v) is 4.21. The maximum Gasteiger partial charge on any atom is 0.247 e. The Morgan fingerprint density at radius 1 is 1.10 bits per heavy atom. The molecule has 0 heterocycles. The molecule has 0 aromatic heterocycles. The first-order valence-electron chi connectivity index (χ1n) is 10.5. The van der Waals surface area contributed by atoms with Crippen molar-refractivity contribution in [2.45, 2.75) is 51.4 Å². The topological polar surface area (TPSA) is 29.1 Å². The van der Waals surface area contributed by atoms with Crippen LogP contribution >= 0.6 is 0 Å². The maximum atomic E-state index is 14.3. The van der Waals surface area contributed by atoms with Gasteiger partial charge in [0.1, 0.15) is 5.82 Å². The van der Waals surface area contributed by atoms with Gasteiger partial charge in [-0.05, 0) is 92.2 Å². The van der Waals surface area contributed by atoms with E-state index in [0.29, 0.717) is 5.92 Å². The summed E-state index contributed by atoms with van der Waals surface area (Å²) in [4.78, 5) is 11.4. The smallest absolute Gasteiger partial charge is 0.247 e. The summed E-state index contributed by atoms with van der Waals surface area (Å²) in [7, 11) is 0. The average Bonchev–Trinajstić information content (AvgIpc) is 2.76. The lowest BCUT2D eigenvalue weighted by Gasteiger charge is -2.28. The summed E-state index contributed by atoms with van der Waals surface area (Å²) in [6.45, 7) is 5.47. The minimum absolute atomic E-state index is 0.168. The van der Waals surface area contributed by atoms with E-state index in [1.807, 2.05) is 6.07 Å². The molecule has 0 unspecified atom stereocenters. The molecule has 1 saturated carbocycles. The zero-order valence-corrected chi connectivity index (χ0v) is 17.2. The third kappa shape index (κ3) is 5.66. The fraction of sp³-hybridized carbons (Fsp3) is 0.346. The Morgan fingerprint density at radius 3 is 2.41 bits per heavy atom. The number of hydrogen-bond donors (Lipinski definition) is 1. The molecule has 152 valence electrons. The molecule has 1 N–H and O–H groups in total. The molecule has 1 amide bonds. The Labute approximate surface area is 173 Å². The Morgan fingerprint density at radius 2 is 1.79 bits per heavy atom. The summed E-state index contributed by atoms with van der Waals surface area (Å²) < 4.78 is 14.3. The Bertz CT molecular complexity index is 861. The predicted octanol–water partition coefficient (Wildman–Crippen LogP) is 7.25. The third-order valence-electron chi connectivity index (χ3n) is 5.95. The van der Waals surface area contributed by atoms with E-state index >= 15 is 0 Å². The Hall–Kier alpha value is -2.68. The van der Waals surface area contributed by atoms with Gasteiger partial charge in [0.05, 0.1) is 5.69 Å². The maximum absolute atomic E-state index is 14.3. The highest BCUT2D eigenvalue weighted by molar-refractivity contribution is 5.99. The van der Waals surface area contributed by atoms with Crippen LogP contribution in [0.3, 0.4) is 0 Å². The van der Waals surface area contributed by atoms with Gasteiger partial charge in [0.15, 0.2) is 0 Å². The molecule has 2 nitrogen and oxygen atoms in total. The van der Waals surface area contributed by atoms with Crippen LogP contribution < -0.4 is 5.32 Å². The quantitative estimate of drug-likeness (QED) is 0.391. The zero-order chi connectivity index (χ0) is 20.6. The summed E-state index contributed by atoms with van der Waals surface area (Å²) in [6, 6.07) is 13.4. The molecule has 0 bridgehead atoms. The van der Waals surface area contributed by atoms with Crippen LogP contribution in [-0.4, -0.2) is 5.91 Å². The van der Waals surface area contributed by atoms with Crippen molar-refractivity contribution in [3.8, 4) is 11.1 Å². The van der Waals surface area contributed by atoms with Crippen molar-refractivity contribution in [2.75, 3.05) is 5.32 Å². The molecular formula is C26H30FNO. The normalized spacial score (nSPS) is 19.2. The van der Waals surface area contributed by atoms with E-state index in [2.05, 4.69) is 55.2 Å². The van der Waals surface area contributed by atoms with Gasteiger partial charge >= 0.3 is 0 Å². The summed E-state index contributed by atoms with van der Waals surface area (Å²) in [6.07, 6.45) is 13.2. The minimum Gasteiger partial charge on any atom is -0.320 e. The average molecular weight is 392 g/mol. The first-order chi connectivity index (χ1) is 14.1. The van der Waals surface area contributed by atoms with Gasteiger partial charge in [0.2, 0.25) is 5.91 Å². The summed E-state index contributed by atoms with van der Waals surface area (Å²) in [5.74, 6) is 0.635. The van der Waals surface area contributed by atoms with Crippen LogP contribution in [0.2, 0.25) is 0 Å². The highest BCUT2D eigenvalue weighted by Gasteiger charge is 2.21. The van der Waals surface area contributed by atoms with Gasteiger partial charge < -0.3 is 5.32 Å². The molecule has 3 rings (SSSR count). The number of halogens is 1. The predicted molar refractivity (Wildman–Crippen MR) is 119 cm³/mol. The van der Waals surface area contributed by atoms with Crippen molar-refractivity contribution in [3.05, 3.63) is 78.7 Å². The van der Waals surface area contributed by atoms with Crippen LogP contribution in [-0.2, 0) is 4.79 Å². The van der Waals surface area contributed by atoms with Gasteiger partial charge in [0, 0.05) is 0 Å². The molecule has 0 aliphatic heterocycles. The fourth-order valence-electron chi connectivity index (χ4n) is 4.21. The lowest BCUT2D eigenvalue weighted by molar-refractivity contribution is -0.111. The number of carbonyl (C=O) groups excluding carboxylic acids is 1. The first-order valence-corrected chi connectivity index (χ1v) is 10.5. The largest absolute Gasteiger partial charge is 0.320 e. The lowest BCUT2D eigenvalue weighted by Crippen LogP contribution is -2.13. The van der Waals surface area contributed by atoms with E-state index in [1.54, 1.807) is 6.07 Å². The van der Waals surface area contributed by atoms with Crippen LogP contribution in [0.5, 0.6) is 0 Å². The molecule has 3 heteroatoms. The van der Waals surface area contributed by atoms with Crippen LogP contribution in [0.25, 0.3) is 11.1 Å². The zero-order valence-electron chi connectivity index (χ0n) is 17.2. The number of allylic oxidation sites excluding steroid dienone is 2. The molecule has 2 aromatic carbocycles. The Balaban J connectivity index is 1.61. The molecule has 1 aliphatic carbocycles. The van der Waals surface area contributed by atoms with E-state index in [1.165, 1.54) is 50.2 Å². The monoisotopic (exact) mass is 391 g/mol. The molecule has 0 atom stereocenters. The van der Waals surface area contributed by atoms with Crippen LogP contribution in [0.1, 0.15) is 56.9 Å². The van der Waals surface area contributed by atoms with Gasteiger partial charge in [-0.2, -0.15) is 0 Å². The van der Waals surface area contributed by atoms with Crippen molar-refractivity contribution in [1.29, 1.82) is 0 Å². The molecule has 0 saturated heterocycles. The van der Waals surface area contributed by atoms with Crippen molar-refractivity contribution in [3.63, 3.8) is 0 Å². The number of rotatable bonds is 7.